The number of nitrogens with zero attached hydrogens (tertiary/aromatic N) is 1. The third-order valence-electron chi connectivity index (χ3n) is 3.00. The molecular weight excluding hydrogens is 310 g/mol. The van der Waals surface area contributed by atoms with Crippen molar-refractivity contribution < 1.29 is 8.42 Å². The van der Waals surface area contributed by atoms with Crippen LogP contribution in [0.25, 0.3) is 0 Å². The summed E-state index contributed by atoms with van der Waals surface area (Å²) in [5, 5.41) is 3.30. The van der Waals surface area contributed by atoms with Crippen LogP contribution in [0.2, 0.25) is 5.02 Å². The van der Waals surface area contributed by atoms with Crippen LogP contribution in [-0.2, 0) is 10.0 Å². The number of hydrogen-bond acceptors (Lipinski definition) is 4. The van der Waals surface area contributed by atoms with E-state index in [1.807, 2.05) is 6.07 Å². The van der Waals surface area contributed by atoms with Gasteiger partial charge in [0, 0.05) is 24.3 Å². The summed E-state index contributed by atoms with van der Waals surface area (Å²) in [6, 6.07) is 9.98. The van der Waals surface area contributed by atoms with Gasteiger partial charge in [0.1, 0.15) is 0 Å². The van der Waals surface area contributed by atoms with E-state index in [2.05, 4.69) is 15.0 Å². The lowest BCUT2D eigenvalue weighted by atomic mass is 10.1. The molecule has 0 saturated carbocycles. The molecule has 21 heavy (non-hydrogen) atoms. The number of rotatable bonds is 5. The minimum Gasteiger partial charge on any atom is -0.386 e. The van der Waals surface area contributed by atoms with Crippen LogP contribution in [0.5, 0.6) is 0 Å². The molecule has 112 valence electrons. The summed E-state index contributed by atoms with van der Waals surface area (Å²) in [6.45, 7) is 1.74. The zero-order chi connectivity index (χ0) is 15.5. The molecule has 0 radical (unpaired) electrons. The summed E-state index contributed by atoms with van der Waals surface area (Å²) < 4.78 is 27.5. The number of sulfonamides is 1. The summed E-state index contributed by atoms with van der Waals surface area (Å²) in [7, 11) is -2.10. The fourth-order valence-corrected chi connectivity index (χ4v) is 3.64. The standard InChI is InChI=1S/C14H16ClN3O2S/c1-10(11-6-3-4-7-12(11)15)18-21(19,20)14-13(16-2)8-5-9-17-14/h3-10,16,18H,1-2H3. The molecule has 2 aromatic rings. The molecule has 0 spiro atoms. The number of aromatic nitrogens is 1. The van der Waals surface area contributed by atoms with Crippen LogP contribution in [0, 0.1) is 0 Å². The number of nitrogens with one attached hydrogen (secondary N) is 2. The molecule has 5 nitrogen and oxygen atoms in total. The van der Waals surface area contributed by atoms with E-state index >= 15 is 0 Å². The van der Waals surface area contributed by atoms with Crippen molar-refractivity contribution in [1.82, 2.24) is 9.71 Å². The number of halogens is 1. The van der Waals surface area contributed by atoms with Crippen molar-refractivity contribution in [3.63, 3.8) is 0 Å². The maximum atomic E-state index is 12.5. The minimum atomic E-state index is -3.75. The van der Waals surface area contributed by atoms with Crippen LogP contribution in [-0.4, -0.2) is 20.4 Å². The molecule has 2 N–H and O–H groups in total. The molecule has 1 atom stereocenters. The molecule has 7 heteroatoms. The Morgan fingerprint density at radius 3 is 2.57 bits per heavy atom. The molecule has 0 aliphatic rings. The third-order valence-corrected chi connectivity index (χ3v) is 4.84. The van der Waals surface area contributed by atoms with Gasteiger partial charge in [-0.15, -0.1) is 0 Å². The predicted molar refractivity (Wildman–Crippen MR) is 84.0 cm³/mol. The monoisotopic (exact) mass is 325 g/mol. The van der Waals surface area contributed by atoms with Gasteiger partial charge in [0.05, 0.1) is 5.69 Å². The smallest absolute Gasteiger partial charge is 0.260 e. The van der Waals surface area contributed by atoms with Crippen LogP contribution in [0.15, 0.2) is 47.6 Å². The van der Waals surface area contributed by atoms with Gasteiger partial charge in [0.2, 0.25) is 0 Å². The van der Waals surface area contributed by atoms with E-state index in [1.54, 1.807) is 44.3 Å². The Hall–Kier alpha value is -1.63. The van der Waals surface area contributed by atoms with Crippen LogP contribution in [0.1, 0.15) is 18.5 Å². The average Bonchev–Trinajstić information content (AvgIpc) is 2.47. The first-order valence-corrected chi connectivity index (χ1v) is 8.21. The maximum absolute atomic E-state index is 12.5. The van der Waals surface area contributed by atoms with Crippen molar-refractivity contribution >= 4 is 27.3 Å². The van der Waals surface area contributed by atoms with Crippen molar-refractivity contribution in [2.75, 3.05) is 12.4 Å². The maximum Gasteiger partial charge on any atom is 0.260 e. The Morgan fingerprint density at radius 1 is 1.19 bits per heavy atom. The Kier molecular flexibility index (Phi) is 4.82. The van der Waals surface area contributed by atoms with Crippen LogP contribution < -0.4 is 10.0 Å². The first kappa shape index (κ1) is 15.8. The predicted octanol–water partition coefficient (Wildman–Crippen LogP) is 2.82. The summed E-state index contributed by atoms with van der Waals surface area (Å²) in [4.78, 5) is 3.94. The lowest BCUT2D eigenvalue weighted by Gasteiger charge is -2.16. The van der Waals surface area contributed by atoms with Gasteiger partial charge in [-0.05, 0) is 30.7 Å². The Bertz CT molecular complexity index is 735. The van der Waals surface area contributed by atoms with Gasteiger partial charge in [-0.3, -0.25) is 0 Å². The molecule has 0 bridgehead atoms. The van der Waals surface area contributed by atoms with Gasteiger partial charge in [-0.2, -0.15) is 0 Å². The molecule has 0 saturated heterocycles. The average molecular weight is 326 g/mol. The fourth-order valence-electron chi connectivity index (χ4n) is 1.97. The highest BCUT2D eigenvalue weighted by Crippen LogP contribution is 2.25. The molecule has 0 aliphatic carbocycles. The summed E-state index contributed by atoms with van der Waals surface area (Å²) in [6.07, 6.45) is 1.44. The SMILES string of the molecule is CNc1cccnc1S(=O)(=O)NC(C)c1ccccc1Cl. The van der Waals surface area contributed by atoms with Gasteiger partial charge < -0.3 is 5.32 Å². The van der Waals surface area contributed by atoms with Gasteiger partial charge in [0.25, 0.3) is 10.0 Å². The van der Waals surface area contributed by atoms with Crippen molar-refractivity contribution in [3.05, 3.63) is 53.2 Å². The topological polar surface area (TPSA) is 71.1 Å². The lowest BCUT2D eigenvalue weighted by molar-refractivity contribution is 0.563. The highest BCUT2D eigenvalue weighted by Gasteiger charge is 2.23. The zero-order valence-corrected chi connectivity index (χ0v) is 13.2. The van der Waals surface area contributed by atoms with Crippen molar-refractivity contribution in [1.29, 1.82) is 0 Å². The first-order chi connectivity index (χ1) is 9.95. The first-order valence-electron chi connectivity index (χ1n) is 6.35. The second kappa shape index (κ2) is 6.43. The number of anilines is 1. The normalized spacial score (nSPS) is 12.9. The van der Waals surface area contributed by atoms with E-state index in [1.165, 1.54) is 6.20 Å². The molecule has 0 fully saturated rings. The van der Waals surface area contributed by atoms with Gasteiger partial charge >= 0.3 is 0 Å². The van der Waals surface area contributed by atoms with E-state index in [0.29, 0.717) is 16.3 Å². The lowest BCUT2D eigenvalue weighted by Crippen LogP contribution is -2.28. The van der Waals surface area contributed by atoms with E-state index in [9.17, 15) is 8.42 Å². The van der Waals surface area contributed by atoms with Crippen LogP contribution >= 0.6 is 11.6 Å². The van der Waals surface area contributed by atoms with E-state index < -0.39 is 16.1 Å². The van der Waals surface area contributed by atoms with E-state index in [-0.39, 0.29) is 5.03 Å². The van der Waals surface area contributed by atoms with E-state index in [4.69, 9.17) is 11.6 Å². The fraction of sp³-hybridized carbons (Fsp3) is 0.214. The Morgan fingerprint density at radius 2 is 1.90 bits per heavy atom. The number of pyridine rings is 1. The molecule has 2 rings (SSSR count). The molecule has 1 aromatic carbocycles. The minimum absolute atomic E-state index is 0.0357. The van der Waals surface area contributed by atoms with Gasteiger partial charge in [-0.25, -0.2) is 18.1 Å². The summed E-state index contributed by atoms with van der Waals surface area (Å²) in [5.41, 5.74) is 1.15. The van der Waals surface area contributed by atoms with Crippen molar-refractivity contribution in [3.8, 4) is 0 Å². The second-order valence-corrected chi connectivity index (χ2v) is 6.51. The second-order valence-electron chi connectivity index (χ2n) is 4.47. The zero-order valence-electron chi connectivity index (χ0n) is 11.7. The highest BCUT2D eigenvalue weighted by molar-refractivity contribution is 7.89. The van der Waals surface area contributed by atoms with E-state index in [0.717, 1.165) is 0 Å². The molecule has 1 aromatic heterocycles. The van der Waals surface area contributed by atoms with Crippen LogP contribution in [0.4, 0.5) is 5.69 Å². The highest BCUT2D eigenvalue weighted by atomic mass is 35.5. The molecule has 0 aliphatic heterocycles. The third kappa shape index (κ3) is 3.53. The number of benzene rings is 1. The molecule has 0 amide bonds. The largest absolute Gasteiger partial charge is 0.386 e. The summed E-state index contributed by atoms with van der Waals surface area (Å²) in [5.74, 6) is 0. The summed E-state index contributed by atoms with van der Waals surface area (Å²) >= 11 is 6.09. The van der Waals surface area contributed by atoms with Crippen molar-refractivity contribution in [2.24, 2.45) is 0 Å². The molecular formula is C14H16ClN3O2S. The van der Waals surface area contributed by atoms with Gasteiger partial charge in [-0.1, -0.05) is 29.8 Å². The molecule has 1 heterocycles. The Labute approximate surface area is 129 Å². The van der Waals surface area contributed by atoms with Crippen LogP contribution in [0.3, 0.4) is 0 Å². The van der Waals surface area contributed by atoms with Gasteiger partial charge in [0.15, 0.2) is 5.03 Å². The molecule has 1 unspecified atom stereocenters. The van der Waals surface area contributed by atoms with Crippen molar-refractivity contribution in [2.45, 2.75) is 18.0 Å². The Balaban J connectivity index is 2.32. The quantitative estimate of drug-likeness (QED) is 0.886. The number of hydrogen-bond donors (Lipinski definition) is 2.